The Hall–Kier alpha value is -2.10. The molecular formula is C22H30N2O2. The average Bonchev–Trinajstić information content (AvgIpc) is 2.66. The highest BCUT2D eigenvalue weighted by Gasteiger charge is 2.46. The van der Waals surface area contributed by atoms with E-state index in [4.69, 9.17) is 0 Å². The molecule has 2 atom stereocenters. The van der Waals surface area contributed by atoms with Crippen LogP contribution in [0.5, 0.6) is 0 Å². The lowest BCUT2D eigenvalue weighted by Crippen LogP contribution is -2.56. The molecule has 2 saturated heterocycles. The van der Waals surface area contributed by atoms with E-state index >= 15 is 0 Å². The van der Waals surface area contributed by atoms with Gasteiger partial charge in [-0.1, -0.05) is 50.8 Å². The molecule has 2 fully saturated rings. The number of likely N-dealkylation sites (tertiary alicyclic amines) is 2. The quantitative estimate of drug-likeness (QED) is 0.782. The van der Waals surface area contributed by atoms with Gasteiger partial charge in [0.25, 0.3) is 0 Å². The van der Waals surface area contributed by atoms with Gasteiger partial charge < -0.3 is 9.80 Å². The number of carbonyl (C=O) groups is 2. The number of amides is 2. The molecule has 3 rings (SSSR count). The maximum Gasteiger partial charge on any atom is 0.245 e. The normalized spacial score (nSPS) is 25.6. The zero-order valence-corrected chi connectivity index (χ0v) is 16.0. The second-order valence-electron chi connectivity index (χ2n) is 8.13. The van der Waals surface area contributed by atoms with Gasteiger partial charge in [0.15, 0.2) is 0 Å². The lowest BCUT2D eigenvalue weighted by atomic mass is 9.71. The van der Waals surface area contributed by atoms with E-state index in [-0.39, 0.29) is 11.8 Å². The summed E-state index contributed by atoms with van der Waals surface area (Å²) in [5, 5.41) is 0. The van der Waals surface area contributed by atoms with E-state index in [1.54, 1.807) is 0 Å². The molecule has 2 aliphatic rings. The molecule has 0 N–H and O–H groups in total. The predicted octanol–water partition coefficient (Wildman–Crippen LogP) is 3.24. The minimum absolute atomic E-state index is 0.0423. The largest absolute Gasteiger partial charge is 0.341 e. The number of hydrogen-bond acceptors (Lipinski definition) is 2. The van der Waals surface area contributed by atoms with Crippen LogP contribution in [0.4, 0.5) is 0 Å². The molecule has 1 aromatic carbocycles. The average molecular weight is 354 g/mol. The molecule has 0 bridgehead atoms. The van der Waals surface area contributed by atoms with Crippen LogP contribution >= 0.6 is 0 Å². The van der Waals surface area contributed by atoms with Crippen molar-refractivity contribution < 1.29 is 9.59 Å². The van der Waals surface area contributed by atoms with Gasteiger partial charge in [0.2, 0.25) is 11.8 Å². The Bertz CT molecular complexity index is 652. The zero-order valence-electron chi connectivity index (χ0n) is 16.0. The van der Waals surface area contributed by atoms with Crippen molar-refractivity contribution >= 4 is 11.8 Å². The molecule has 4 heteroatoms. The Morgan fingerprint density at radius 2 is 1.62 bits per heavy atom. The highest BCUT2D eigenvalue weighted by Crippen LogP contribution is 2.39. The van der Waals surface area contributed by atoms with Crippen molar-refractivity contribution in [2.75, 3.05) is 26.2 Å². The summed E-state index contributed by atoms with van der Waals surface area (Å²) in [6.45, 7) is 10.9. The lowest BCUT2D eigenvalue weighted by Gasteiger charge is -2.45. The van der Waals surface area contributed by atoms with Crippen molar-refractivity contribution in [3.63, 3.8) is 0 Å². The molecule has 2 unspecified atom stereocenters. The first kappa shape index (κ1) is 18.7. The number of hydrogen-bond donors (Lipinski definition) is 0. The minimum atomic E-state index is -0.518. The summed E-state index contributed by atoms with van der Waals surface area (Å²) in [4.78, 5) is 29.6. The van der Waals surface area contributed by atoms with Gasteiger partial charge in [0.1, 0.15) is 0 Å². The van der Waals surface area contributed by atoms with Gasteiger partial charge in [-0.15, -0.1) is 0 Å². The van der Waals surface area contributed by atoms with Crippen LogP contribution < -0.4 is 0 Å². The van der Waals surface area contributed by atoms with Gasteiger partial charge in [0.05, 0.1) is 5.41 Å². The SMILES string of the molecule is C=CC(=O)N1CCC(C(=O)N2CC(C)CC(C)C2)(c2ccccc2)CC1. The van der Waals surface area contributed by atoms with Crippen molar-refractivity contribution in [3.05, 3.63) is 48.6 Å². The molecule has 0 radical (unpaired) electrons. The van der Waals surface area contributed by atoms with Gasteiger partial charge in [-0.2, -0.15) is 0 Å². The molecule has 0 saturated carbocycles. The Labute approximate surface area is 156 Å². The third-order valence-electron chi connectivity index (χ3n) is 6.00. The van der Waals surface area contributed by atoms with Crippen LogP contribution in [0.1, 0.15) is 38.7 Å². The standard InChI is InChI=1S/C22H30N2O2/c1-4-20(25)23-12-10-22(11-13-23,19-8-6-5-7-9-19)21(26)24-15-17(2)14-18(3)16-24/h4-9,17-18H,1,10-16H2,2-3H3. The van der Waals surface area contributed by atoms with Crippen LogP contribution in [0, 0.1) is 11.8 Å². The van der Waals surface area contributed by atoms with Gasteiger partial charge in [-0.05, 0) is 42.7 Å². The Kier molecular flexibility index (Phi) is 5.49. The first-order valence-corrected chi connectivity index (χ1v) is 9.72. The molecule has 0 aromatic heterocycles. The smallest absolute Gasteiger partial charge is 0.245 e. The summed E-state index contributed by atoms with van der Waals surface area (Å²) in [5.74, 6) is 1.28. The maximum absolute atomic E-state index is 13.7. The van der Waals surface area contributed by atoms with E-state index in [1.807, 2.05) is 23.1 Å². The summed E-state index contributed by atoms with van der Waals surface area (Å²) < 4.78 is 0. The minimum Gasteiger partial charge on any atom is -0.341 e. The highest BCUT2D eigenvalue weighted by atomic mass is 16.2. The molecule has 26 heavy (non-hydrogen) atoms. The molecule has 2 heterocycles. The third-order valence-corrected chi connectivity index (χ3v) is 6.00. The van der Waals surface area contributed by atoms with Gasteiger partial charge in [-0.25, -0.2) is 0 Å². The van der Waals surface area contributed by atoms with Crippen LogP contribution in [0.25, 0.3) is 0 Å². The Balaban J connectivity index is 1.89. The van der Waals surface area contributed by atoms with Crippen molar-refractivity contribution in [1.82, 2.24) is 9.80 Å². The lowest BCUT2D eigenvalue weighted by molar-refractivity contribution is -0.144. The Morgan fingerprint density at radius 1 is 1.04 bits per heavy atom. The van der Waals surface area contributed by atoms with E-state index < -0.39 is 5.41 Å². The second-order valence-corrected chi connectivity index (χ2v) is 8.13. The molecule has 4 nitrogen and oxygen atoms in total. The maximum atomic E-state index is 13.7. The number of nitrogens with zero attached hydrogens (tertiary/aromatic N) is 2. The monoisotopic (exact) mass is 354 g/mol. The van der Waals surface area contributed by atoms with Crippen LogP contribution in [-0.2, 0) is 15.0 Å². The summed E-state index contributed by atoms with van der Waals surface area (Å²) in [5.41, 5.74) is 0.567. The molecule has 1 aromatic rings. The van der Waals surface area contributed by atoms with E-state index in [0.29, 0.717) is 37.8 Å². The van der Waals surface area contributed by atoms with Gasteiger partial charge in [-0.3, -0.25) is 9.59 Å². The topological polar surface area (TPSA) is 40.6 Å². The molecule has 2 aliphatic heterocycles. The molecule has 0 spiro atoms. The van der Waals surface area contributed by atoms with Gasteiger partial charge in [0, 0.05) is 26.2 Å². The van der Waals surface area contributed by atoms with E-state index in [1.165, 1.54) is 12.5 Å². The van der Waals surface area contributed by atoms with Crippen molar-refractivity contribution in [1.29, 1.82) is 0 Å². The molecule has 0 aliphatic carbocycles. The fourth-order valence-corrected chi connectivity index (χ4v) is 4.75. The number of piperidine rings is 2. The highest BCUT2D eigenvalue weighted by molar-refractivity contribution is 5.90. The number of rotatable bonds is 3. The van der Waals surface area contributed by atoms with Crippen molar-refractivity contribution in [2.24, 2.45) is 11.8 Å². The molecule has 2 amide bonds. The Morgan fingerprint density at radius 3 is 2.15 bits per heavy atom. The zero-order chi connectivity index (χ0) is 18.7. The summed E-state index contributed by atoms with van der Waals surface area (Å²) in [6, 6.07) is 10.1. The summed E-state index contributed by atoms with van der Waals surface area (Å²) in [6.07, 6.45) is 3.90. The summed E-state index contributed by atoms with van der Waals surface area (Å²) in [7, 11) is 0. The fraction of sp³-hybridized carbons (Fsp3) is 0.545. The van der Waals surface area contributed by atoms with Crippen LogP contribution in [0.15, 0.2) is 43.0 Å². The fourth-order valence-electron chi connectivity index (χ4n) is 4.75. The van der Waals surface area contributed by atoms with Crippen molar-refractivity contribution in [3.8, 4) is 0 Å². The van der Waals surface area contributed by atoms with Crippen molar-refractivity contribution in [2.45, 2.75) is 38.5 Å². The number of benzene rings is 1. The van der Waals surface area contributed by atoms with Gasteiger partial charge >= 0.3 is 0 Å². The summed E-state index contributed by atoms with van der Waals surface area (Å²) >= 11 is 0. The molecular weight excluding hydrogens is 324 g/mol. The first-order chi connectivity index (χ1) is 12.5. The first-order valence-electron chi connectivity index (χ1n) is 9.72. The van der Waals surface area contributed by atoms with Crippen LogP contribution in [-0.4, -0.2) is 47.8 Å². The third kappa shape index (κ3) is 3.55. The molecule has 140 valence electrons. The van der Waals surface area contributed by atoms with E-state index in [0.717, 1.165) is 18.7 Å². The van der Waals surface area contributed by atoms with E-state index in [9.17, 15) is 9.59 Å². The predicted molar refractivity (Wildman–Crippen MR) is 104 cm³/mol. The van der Waals surface area contributed by atoms with Crippen LogP contribution in [0.2, 0.25) is 0 Å². The second kappa shape index (κ2) is 7.65. The van der Waals surface area contributed by atoms with Crippen LogP contribution in [0.3, 0.4) is 0 Å². The number of carbonyl (C=O) groups excluding carboxylic acids is 2. The van der Waals surface area contributed by atoms with E-state index in [2.05, 4.69) is 37.5 Å².